The fraction of sp³-hybridized carbons (Fsp3) is 0.476. The maximum absolute atomic E-state index is 12.7. The second-order valence-corrected chi connectivity index (χ2v) is 8.72. The third-order valence-electron chi connectivity index (χ3n) is 5.55. The lowest BCUT2D eigenvalue weighted by Crippen LogP contribution is -2.53. The Morgan fingerprint density at radius 1 is 1.00 bits per heavy atom. The Labute approximate surface area is 192 Å². The molecule has 31 heavy (non-hydrogen) atoms. The first-order chi connectivity index (χ1) is 15.0. The van der Waals surface area contributed by atoms with Crippen molar-refractivity contribution in [3.63, 3.8) is 0 Å². The summed E-state index contributed by atoms with van der Waals surface area (Å²) in [5.74, 6) is 1.70. The minimum atomic E-state index is 0.194. The number of amides is 1. The van der Waals surface area contributed by atoms with Crippen molar-refractivity contribution in [2.75, 3.05) is 70.9 Å². The summed E-state index contributed by atoms with van der Waals surface area (Å²) in [6.07, 6.45) is 1.66. The van der Waals surface area contributed by atoms with Crippen LogP contribution in [0.2, 0.25) is 10.0 Å². The van der Waals surface area contributed by atoms with Gasteiger partial charge >= 0.3 is 0 Å². The minimum absolute atomic E-state index is 0.194. The number of halogens is 2. The maximum Gasteiger partial charge on any atom is 0.236 e. The normalized spacial score (nSPS) is 18.3. The second-order valence-electron chi connectivity index (χ2n) is 7.85. The predicted molar refractivity (Wildman–Crippen MR) is 121 cm³/mol. The molecule has 4 rings (SSSR count). The highest BCUT2D eigenvalue weighted by Crippen LogP contribution is 2.28. The van der Waals surface area contributed by atoms with Crippen LogP contribution in [0.3, 0.4) is 0 Å². The van der Waals surface area contributed by atoms with Gasteiger partial charge < -0.3 is 19.4 Å². The smallest absolute Gasteiger partial charge is 0.236 e. The molecule has 0 unspecified atom stereocenters. The van der Waals surface area contributed by atoms with Crippen LogP contribution in [-0.4, -0.2) is 96.5 Å². The van der Waals surface area contributed by atoms with E-state index < -0.39 is 0 Å². The zero-order chi connectivity index (χ0) is 21.8. The van der Waals surface area contributed by atoms with E-state index in [9.17, 15) is 4.79 Å². The van der Waals surface area contributed by atoms with Crippen molar-refractivity contribution < 1.29 is 9.53 Å². The van der Waals surface area contributed by atoms with Crippen molar-refractivity contribution in [2.45, 2.75) is 0 Å². The molecule has 0 aliphatic carbocycles. The van der Waals surface area contributed by atoms with E-state index in [1.165, 1.54) is 0 Å². The van der Waals surface area contributed by atoms with Gasteiger partial charge in [-0.2, -0.15) is 4.98 Å². The Hall–Kier alpha value is -2.13. The van der Waals surface area contributed by atoms with Gasteiger partial charge in [0.1, 0.15) is 5.75 Å². The second kappa shape index (κ2) is 9.99. The monoisotopic (exact) mass is 464 g/mol. The Kier molecular flexibility index (Phi) is 7.12. The molecule has 0 atom stereocenters. The molecule has 166 valence electrons. The van der Waals surface area contributed by atoms with Crippen LogP contribution in [0, 0.1) is 0 Å². The zero-order valence-electron chi connectivity index (χ0n) is 17.5. The molecule has 3 heterocycles. The number of aromatic nitrogens is 2. The number of piperazine rings is 2. The van der Waals surface area contributed by atoms with Gasteiger partial charge in [0.15, 0.2) is 0 Å². The molecular formula is C21H26Cl2N6O2. The number of hydrogen-bond donors (Lipinski definition) is 0. The summed E-state index contributed by atoms with van der Waals surface area (Å²) in [6.45, 7) is 7.09. The average molecular weight is 465 g/mol. The third kappa shape index (κ3) is 5.98. The number of benzene rings is 1. The van der Waals surface area contributed by atoms with Crippen LogP contribution in [0.1, 0.15) is 0 Å². The number of carbonyl (C=O) groups excluding carboxylic acids is 1. The quantitative estimate of drug-likeness (QED) is 0.672. The van der Waals surface area contributed by atoms with Crippen molar-refractivity contribution in [1.29, 1.82) is 0 Å². The maximum atomic E-state index is 12.7. The number of nitrogens with zero attached hydrogens (tertiary/aromatic N) is 6. The van der Waals surface area contributed by atoms with Crippen molar-refractivity contribution in [3.05, 3.63) is 40.5 Å². The number of rotatable bonds is 5. The predicted octanol–water partition coefficient (Wildman–Crippen LogP) is 2.47. The van der Waals surface area contributed by atoms with E-state index in [4.69, 9.17) is 27.9 Å². The highest BCUT2D eigenvalue weighted by atomic mass is 35.5. The summed E-state index contributed by atoms with van der Waals surface area (Å²) in [4.78, 5) is 30.1. The highest BCUT2D eigenvalue weighted by Gasteiger charge is 2.25. The lowest BCUT2D eigenvalue weighted by molar-refractivity contribution is -0.133. The molecule has 8 nitrogen and oxygen atoms in total. The number of likely N-dealkylation sites (N-methyl/N-ethyl adjacent to an activating group) is 1. The van der Waals surface area contributed by atoms with Gasteiger partial charge in [-0.05, 0) is 25.2 Å². The fourth-order valence-corrected chi connectivity index (χ4v) is 4.21. The standard InChI is InChI=1S/C21H26Cl2N6O2/c1-26-4-6-27(7-5-26)15-20(30)28-8-10-29(11-9-28)21-24-3-2-19(25-21)31-18-13-16(22)12-17(23)14-18/h2-3,12-14H,4-11,15H2,1H3. The molecule has 1 aromatic heterocycles. The number of anilines is 1. The fourth-order valence-electron chi connectivity index (χ4n) is 3.70. The molecule has 1 amide bonds. The van der Waals surface area contributed by atoms with Crippen LogP contribution in [0.15, 0.2) is 30.5 Å². The van der Waals surface area contributed by atoms with Gasteiger partial charge in [0, 0.05) is 74.7 Å². The summed E-state index contributed by atoms with van der Waals surface area (Å²) in [5, 5.41) is 0.989. The van der Waals surface area contributed by atoms with E-state index in [1.54, 1.807) is 30.5 Å². The highest BCUT2D eigenvalue weighted by molar-refractivity contribution is 6.34. The first-order valence-electron chi connectivity index (χ1n) is 10.4. The molecule has 2 saturated heterocycles. The molecule has 0 bridgehead atoms. The van der Waals surface area contributed by atoms with E-state index in [0.717, 1.165) is 26.2 Å². The van der Waals surface area contributed by atoms with Crippen LogP contribution in [0.5, 0.6) is 11.6 Å². The first-order valence-corrected chi connectivity index (χ1v) is 11.1. The zero-order valence-corrected chi connectivity index (χ0v) is 19.0. The summed E-state index contributed by atoms with van der Waals surface area (Å²) in [5.41, 5.74) is 0. The van der Waals surface area contributed by atoms with Crippen molar-refractivity contribution in [1.82, 2.24) is 24.7 Å². The van der Waals surface area contributed by atoms with Crippen molar-refractivity contribution >= 4 is 35.1 Å². The Balaban J connectivity index is 1.31. The summed E-state index contributed by atoms with van der Waals surface area (Å²) in [6, 6.07) is 6.69. The summed E-state index contributed by atoms with van der Waals surface area (Å²) < 4.78 is 5.80. The van der Waals surface area contributed by atoms with Crippen molar-refractivity contribution in [3.8, 4) is 11.6 Å². The van der Waals surface area contributed by atoms with Gasteiger partial charge in [-0.1, -0.05) is 23.2 Å². The molecule has 2 aliphatic heterocycles. The van der Waals surface area contributed by atoms with E-state index >= 15 is 0 Å². The Bertz CT molecular complexity index is 894. The van der Waals surface area contributed by atoms with Gasteiger partial charge in [0.2, 0.25) is 17.7 Å². The lowest BCUT2D eigenvalue weighted by Gasteiger charge is -2.37. The molecular weight excluding hydrogens is 439 g/mol. The van der Waals surface area contributed by atoms with Crippen LogP contribution < -0.4 is 9.64 Å². The Morgan fingerprint density at radius 2 is 1.68 bits per heavy atom. The molecule has 2 aromatic rings. The summed E-state index contributed by atoms with van der Waals surface area (Å²) >= 11 is 12.1. The number of ether oxygens (including phenoxy) is 1. The average Bonchev–Trinajstić information content (AvgIpc) is 2.75. The topological polar surface area (TPSA) is 65.0 Å². The van der Waals surface area contributed by atoms with E-state index in [1.807, 2.05) is 4.90 Å². The number of hydrogen-bond acceptors (Lipinski definition) is 7. The molecule has 0 radical (unpaired) electrons. The molecule has 1 aromatic carbocycles. The van der Waals surface area contributed by atoms with Crippen LogP contribution in [0.4, 0.5) is 5.95 Å². The molecule has 10 heteroatoms. The van der Waals surface area contributed by atoms with Gasteiger partial charge in [0.05, 0.1) is 6.54 Å². The minimum Gasteiger partial charge on any atom is -0.439 e. The van der Waals surface area contributed by atoms with Gasteiger partial charge in [0.25, 0.3) is 0 Å². The molecule has 2 aliphatic rings. The van der Waals surface area contributed by atoms with Crippen LogP contribution in [0.25, 0.3) is 0 Å². The van der Waals surface area contributed by atoms with E-state index in [2.05, 4.69) is 31.7 Å². The largest absolute Gasteiger partial charge is 0.439 e. The number of carbonyl (C=O) groups is 1. The van der Waals surface area contributed by atoms with Gasteiger partial charge in [-0.3, -0.25) is 9.69 Å². The molecule has 0 N–H and O–H groups in total. The third-order valence-corrected chi connectivity index (χ3v) is 5.98. The van der Waals surface area contributed by atoms with E-state index in [0.29, 0.717) is 60.3 Å². The van der Waals surface area contributed by atoms with Crippen molar-refractivity contribution in [2.24, 2.45) is 0 Å². The van der Waals surface area contributed by atoms with E-state index in [-0.39, 0.29) is 5.91 Å². The molecule has 0 saturated carbocycles. The summed E-state index contributed by atoms with van der Waals surface area (Å²) in [7, 11) is 2.12. The van der Waals surface area contributed by atoms with Gasteiger partial charge in [-0.25, -0.2) is 4.98 Å². The van der Waals surface area contributed by atoms with Crippen LogP contribution >= 0.6 is 23.2 Å². The SMILES string of the molecule is CN1CCN(CC(=O)N2CCN(c3nccc(Oc4cc(Cl)cc(Cl)c4)n3)CC2)CC1. The molecule has 0 spiro atoms. The van der Waals surface area contributed by atoms with Gasteiger partial charge in [-0.15, -0.1) is 0 Å². The molecule has 2 fully saturated rings. The Morgan fingerprint density at radius 3 is 2.35 bits per heavy atom. The van der Waals surface area contributed by atoms with Crippen LogP contribution in [-0.2, 0) is 4.79 Å². The lowest BCUT2D eigenvalue weighted by atomic mass is 10.3. The first kappa shape index (κ1) is 22.1.